The molecule has 0 spiro atoms. The maximum atomic E-state index is 11.2. The lowest BCUT2D eigenvalue weighted by Crippen LogP contribution is -2.16. The van der Waals surface area contributed by atoms with E-state index >= 15 is 0 Å². The summed E-state index contributed by atoms with van der Waals surface area (Å²) >= 11 is 0. The van der Waals surface area contributed by atoms with Crippen LogP contribution < -0.4 is 0 Å². The van der Waals surface area contributed by atoms with Gasteiger partial charge < -0.3 is 0 Å². The fraction of sp³-hybridized carbons (Fsp3) is 0.471. The molecule has 0 aliphatic heterocycles. The van der Waals surface area contributed by atoms with Crippen molar-refractivity contribution >= 4 is 11.9 Å². The highest BCUT2D eigenvalue weighted by Gasteiger charge is 2.50. The maximum Gasteiger partial charge on any atom is 0.150 e. The van der Waals surface area contributed by atoms with Crippen molar-refractivity contribution in [2.75, 3.05) is 0 Å². The minimum atomic E-state index is 0.739. The second-order valence-electron chi connectivity index (χ2n) is 6.09. The van der Waals surface area contributed by atoms with Gasteiger partial charge in [0.25, 0.3) is 0 Å². The van der Waals surface area contributed by atoms with E-state index in [9.17, 15) is 4.79 Å². The first-order valence-corrected chi connectivity index (χ1v) is 7.15. The van der Waals surface area contributed by atoms with Crippen LogP contribution in [0, 0.1) is 23.7 Å². The molecule has 1 aromatic carbocycles. The fourth-order valence-electron chi connectivity index (χ4n) is 4.75. The number of aldehydes is 1. The number of fused-ring (bicyclic) bond motifs is 5. The molecule has 0 amide bonds. The summed E-state index contributed by atoms with van der Waals surface area (Å²) < 4.78 is 0. The third kappa shape index (κ3) is 1.31. The molecule has 0 radical (unpaired) electrons. The molecule has 2 fully saturated rings. The summed E-state index contributed by atoms with van der Waals surface area (Å²) in [5.74, 6) is 3.41. The summed E-state index contributed by atoms with van der Waals surface area (Å²) in [4.78, 5) is 11.2. The van der Waals surface area contributed by atoms with E-state index in [0.717, 1.165) is 35.5 Å². The Balaban J connectivity index is 1.77. The van der Waals surface area contributed by atoms with Crippen molar-refractivity contribution in [3.05, 3.63) is 41.5 Å². The van der Waals surface area contributed by atoms with Crippen LogP contribution in [0.3, 0.4) is 0 Å². The van der Waals surface area contributed by atoms with Gasteiger partial charge in [0.05, 0.1) is 0 Å². The molecule has 1 aromatic rings. The summed E-state index contributed by atoms with van der Waals surface area (Å²) in [5.41, 5.74) is 3.54. The highest BCUT2D eigenvalue weighted by molar-refractivity contribution is 5.87. The molecule has 4 atom stereocenters. The average Bonchev–Trinajstić information content (AvgIpc) is 3.10. The molecule has 2 unspecified atom stereocenters. The second kappa shape index (κ2) is 3.81. The van der Waals surface area contributed by atoms with Crippen LogP contribution in [-0.2, 0) is 0 Å². The van der Waals surface area contributed by atoms with Crippen LogP contribution in [0.25, 0.3) is 5.57 Å². The van der Waals surface area contributed by atoms with E-state index in [1.165, 1.54) is 36.8 Å². The van der Waals surface area contributed by atoms with Crippen molar-refractivity contribution in [1.82, 2.24) is 0 Å². The number of carbonyl (C=O) groups excluding carboxylic acids is 1. The van der Waals surface area contributed by atoms with Crippen LogP contribution in [0.2, 0.25) is 0 Å². The van der Waals surface area contributed by atoms with Gasteiger partial charge in [-0.2, -0.15) is 0 Å². The Kier molecular flexibility index (Phi) is 2.23. The second-order valence-corrected chi connectivity index (χ2v) is 6.09. The summed E-state index contributed by atoms with van der Waals surface area (Å²) in [7, 11) is 0. The first kappa shape index (κ1) is 10.5. The lowest BCUT2D eigenvalue weighted by molar-refractivity contribution is 0.112. The van der Waals surface area contributed by atoms with E-state index in [4.69, 9.17) is 0 Å². The topological polar surface area (TPSA) is 17.1 Å². The molecule has 2 saturated carbocycles. The number of benzene rings is 1. The third-order valence-electron chi connectivity index (χ3n) is 5.41. The molecule has 4 rings (SSSR count). The van der Waals surface area contributed by atoms with E-state index in [-0.39, 0.29) is 0 Å². The zero-order valence-corrected chi connectivity index (χ0v) is 10.5. The largest absolute Gasteiger partial charge is 0.298 e. The normalized spacial score (nSPS) is 36.6. The van der Waals surface area contributed by atoms with Crippen molar-refractivity contribution in [1.29, 1.82) is 0 Å². The lowest BCUT2D eigenvalue weighted by atomic mass is 9.79. The van der Waals surface area contributed by atoms with E-state index in [2.05, 4.69) is 18.2 Å². The number of allylic oxidation sites excluding steroid dienone is 2. The van der Waals surface area contributed by atoms with Gasteiger partial charge in [-0.1, -0.05) is 36.8 Å². The molecule has 1 nitrogen and oxygen atoms in total. The van der Waals surface area contributed by atoms with Gasteiger partial charge in [0.1, 0.15) is 0 Å². The SMILES string of the molecule is O=Cc1ccccc1C1=C[C@H]2C[C@@H]1C1CCCC12. The zero-order valence-electron chi connectivity index (χ0n) is 10.5. The summed E-state index contributed by atoms with van der Waals surface area (Å²) in [6.07, 6.45) is 9.10. The first-order valence-electron chi connectivity index (χ1n) is 7.15. The number of carbonyl (C=O) groups is 1. The van der Waals surface area contributed by atoms with E-state index in [0.29, 0.717) is 0 Å². The quantitative estimate of drug-likeness (QED) is 0.713. The van der Waals surface area contributed by atoms with Crippen LogP contribution in [0.5, 0.6) is 0 Å². The van der Waals surface area contributed by atoms with Gasteiger partial charge in [0, 0.05) is 5.56 Å². The van der Waals surface area contributed by atoms with Crippen LogP contribution in [-0.4, -0.2) is 6.29 Å². The van der Waals surface area contributed by atoms with Gasteiger partial charge in [0.15, 0.2) is 6.29 Å². The smallest absolute Gasteiger partial charge is 0.150 e. The molecule has 0 aromatic heterocycles. The summed E-state index contributed by atoms with van der Waals surface area (Å²) in [6.45, 7) is 0. The molecule has 0 N–H and O–H groups in total. The third-order valence-corrected chi connectivity index (χ3v) is 5.41. The minimum absolute atomic E-state index is 0.739. The lowest BCUT2D eigenvalue weighted by Gasteiger charge is -2.26. The van der Waals surface area contributed by atoms with Crippen molar-refractivity contribution in [3.63, 3.8) is 0 Å². The van der Waals surface area contributed by atoms with Gasteiger partial charge in [-0.25, -0.2) is 0 Å². The Bertz CT molecular complexity index is 528. The molecular weight excluding hydrogens is 220 g/mol. The molecular formula is C17H18O. The van der Waals surface area contributed by atoms with Gasteiger partial charge >= 0.3 is 0 Å². The van der Waals surface area contributed by atoms with Crippen LogP contribution in [0.1, 0.15) is 41.6 Å². The van der Waals surface area contributed by atoms with Crippen molar-refractivity contribution in [2.45, 2.75) is 25.7 Å². The highest BCUT2D eigenvalue weighted by Crippen LogP contribution is 2.60. The van der Waals surface area contributed by atoms with Gasteiger partial charge in [-0.05, 0) is 54.1 Å². The Labute approximate surface area is 108 Å². The van der Waals surface area contributed by atoms with E-state index in [1.54, 1.807) is 0 Å². The molecule has 0 saturated heterocycles. The Hall–Kier alpha value is -1.37. The molecule has 1 heteroatoms. The van der Waals surface area contributed by atoms with E-state index < -0.39 is 0 Å². The first-order chi connectivity index (χ1) is 8.88. The number of rotatable bonds is 2. The van der Waals surface area contributed by atoms with Gasteiger partial charge in [0.2, 0.25) is 0 Å². The number of hydrogen-bond acceptors (Lipinski definition) is 1. The Morgan fingerprint density at radius 2 is 1.94 bits per heavy atom. The summed E-state index contributed by atoms with van der Waals surface area (Å²) in [5, 5.41) is 0. The van der Waals surface area contributed by atoms with Gasteiger partial charge in [-0.3, -0.25) is 4.79 Å². The Morgan fingerprint density at radius 3 is 2.83 bits per heavy atom. The molecule has 3 aliphatic rings. The fourth-order valence-corrected chi connectivity index (χ4v) is 4.75. The predicted molar refractivity (Wildman–Crippen MR) is 72.2 cm³/mol. The van der Waals surface area contributed by atoms with E-state index in [1.807, 2.05) is 12.1 Å². The standard InChI is InChI=1S/C17H18O/c18-10-11-4-1-2-5-13(11)16-8-12-9-17(16)15-7-3-6-14(12)15/h1-2,4-5,8,10,12,14-15,17H,3,6-7,9H2/t12-,14?,15?,17+/m0/s1. The van der Waals surface area contributed by atoms with Crippen LogP contribution >= 0.6 is 0 Å². The molecule has 3 aliphatic carbocycles. The highest BCUT2D eigenvalue weighted by atomic mass is 16.1. The monoisotopic (exact) mass is 238 g/mol. The van der Waals surface area contributed by atoms with Crippen LogP contribution in [0.15, 0.2) is 30.3 Å². The average molecular weight is 238 g/mol. The maximum absolute atomic E-state index is 11.2. The van der Waals surface area contributed by atoms with Crippen LogP contribution in [0.4, 0.5) is 0 Å². The van der Waals surface area contributed by atoms with Crippen molar-refractivity contribution in [3.8, 4) is 0 Å². The minimum Gasteiger partial charge on any atom is -0.298 e. The van der Waals surface area contributed by atoms with Crippen molar-refractivity contribution < 1.29 is 4.79 Å². The Morgan fingerprint density at radius 1 is 1.11 bits per heavy atom. The summed E-state index contributed by atoms with van der Waals surface area (Å²) in [6, 6.07) is 8.09. The molecule has 18 heavy (non-hydrogen) atoms. The van der Waals surface area contributed by atoms with Gasteiger partial charge in [-0.15, -0.1) is 0 Å². The number of hydrogen-bond donors (Lipinski definition) is 0. The molecule has 92 valence electrons. The molecule has 2 bridgehead atoms. The van der Waals surface area contributed by atoms with Crippen molar-refractivity contribution in [2.24, 2.45) is 23.7 Å². The molecule has 0 heterocycles. The predicted octanol–water partition coefficient (Wildman–Crippen LogP) is 3.95. The zero-order chi connectivity index (χ0) is 12.1.